The molecule has 0 bridgehead atoms. The van der Waals surface area contributed by atoms with Crippen LogP contribution < -0.4 is 0 Å². The fourth-order valence-electron chi connectivity index (χ4n) is 2.23. The molecule has 0 aliphatic heterocycles. The summed E-state index contributed by atoms with van der Waals surface area (Å²) in [5.41, 5.74) is 1.21. The van der Waals surface area contributed by atoms with Gasteiger partial charge in [-0.3, -0.25) is 4.79 Å². The Morgan fingerprint density at radius 1 is 1.29 bits per heavy atom. The fraction of sp³-hybridized carbons (Fsp3) is 0.111. The van der Waals surface area contributed by atoms with Gasteiger partial charge in [-0.25, -0.2) is 9.37 Å². The number of nitrogens with zero attached hydrogens (tertiary/aromatic N) is 2. The summed E-state index contributed by atoms with van der Waals surface area (Å²) < 4.78 is 14.9. The molecule has 1 aromatic heterocycles. The van der Waals surface area contributed by atoms with E-state index in [9.17, 15) is 9.18 Å². The number of halogens is 2. The molecule has 0 atom stereocenters. The summed E-state index contributed by atoms with van der Waals surface area (Å²) in [5.74, 6) is -0.661. The first-order valence-corrected chi connectivity index (χ1v) is 8.45. The minimum absolute atomic E-state index is 0.106. The van der Waals surface area contributed by atoms with Gasteiger partial charge in [-0.1, -0.05) is 29.8 Å². The Balaban J connectivity index is 1.71. The van der Waals surface area contributed by atoms with Gasteiger partial charge in [0.1, 0.15) is 10.8 Å². The van der Waals surface area contributed by atoms with E-state index in [-0.39, 0.29) is 12.5 Å². The van der Waals surface area contributed by atoms with Crippen LogP contribution in [0.3, 0.4) is 0 Å². The molecule has 0 aliphatic carbocycles. The largest absolute Gasteiger partial charge is 0.338 e. The van der Waals surface area contributed by atoms with Crippen LogP contribution in [0.2, 0.25) is 5.02 Å². The zero-order chi connectivity index (χ0) is 17.1. The molecule has 122 valence electrons. The Morgan fingerprint density at radius 3 is 2.83 bits per heavy atom. The summed E-state index contributed by atoms with van der Waals surface area (Å²) in [7, 11) is 1.60. The van der Waals surface area contributed by atoms with E-state index in [0.29, 0.717) is 10.6 Å². The quantitative estimate of drug-likeness (QED) is 0.628. The molecule has 1 heterocycles. The molecule has 0 spiro atoms. The van der Waals surface area contributed by atoms with Gasteiger partial charge in [0.05, 0.1) is 10.2 Å². The lowest BCUT2D eigenvalue weighted by Gasteiger charge is -2.16. The van der Waals surface area contributed by atoms with Crippen molar-refractivity contribution in [2.24, 2.45) is 0 Å². The summed E-state index contributed by atoms with van der Waals surface area (Å²) >= 11 is 7.50. The summed E-state index contributed by atoms with van der Waals surface area (Å²) in [6, 6.07) is 12.3. The fourth-order valence-corrected chi connectivity index (χ4v) is 3.32. The zero-order valence-electron chi connectivity index (χ0n) is 12.9. The van der Waals surface area contributed by atoms with E-state index in [4.69, 9.17) is 11.6 Å². The number of rotatable bonds is 4. The second kappa shape index (κ2) is 7.11. The zero-order valence-corrected chi connectivity index (χ0v) is 14.4. The number of thiazole rings is 1. The average Bonchev–Trinajstić information content (AvgIpc) is 2.99. The van der Waals surface area contributed by atoms with Crippen LogP contribution in [0.15, 0.2) is 48.5 Å². The van der Waals surface area contributed by atoms with Crippen LogP contribution in [0.4, 0.5) is 4.39 Å². The molecule has 0 aliphatic rings. The van der Waals surface area contributed by atoms with Crippen molar-refractivity contribution in [3.8, 4) is 0 Å². The highest BCUT2D eigenvalue weighted by Gasteiger charge is 2.12. The maximum atomic E-state index is 13.8. The lowest BCUT2D eigenvalue weighted by Crippen LogP contribution is -2.24. The van der Waals surface area contributed by atoms with Crippen LogP contribution in [0, 0.1) is 5.82 Å². The van der Waals surface area contributed by atoms with Gasteiger partial charge in [0.2, 0.25) is 5.91 Å². The standard InChI is InChI=1S/C18H14ClFN2OS/c1-22(11-12-13(19)5-4-6-14(12)20)18(23)10-9-17-21-15-7-2-3-8-16(15)24-17/h2-10H,11H2,1H3/b10-9+. The first kappa shape index (κ1) is 16.6. The second-order valence-electron chi connectivity index (χ2n) is 5.25. The molecule has 0 unspecified atom stereocenters. The number of benzene rings is 2. The van der Waals surface area contributed by atoms with Crippen LogP contribution in [-0.4, -0.2) is 22.8 Å². The molecule has 6 heteroatoms. The summed E-state index contributed by atoms with van der Waals surface area (Å²) in [6.07, 6.45) is 3.11. The van der Waals surface area contributed by atoms with Gasteiger partial charge in [-0.15, -0.1) is 11.3 Å². The number of carbonyl (C=O) groups excluding carboxylic acids is 1. The Bertz CT molecular complexity index is 869. The molecular weight excluding hydrogens is 347 g/mol. The molecule has 3 rings (SSSR count). The van der Waals surface area contributed by atoms with Gasteiger partial charge in [0, 0.05) is 30.3 Å². The Morgan fingerprint density at radius 2 is 2.08 bits per heavy atom. The molecule has 0 N–H and O–H groups in total. The molecule has 3 aromatic rings. The van der Waals surface area contributed by atoms with Crippen molar-refractivity contribution in [1.29, 1.82) is 0 Å². The smallest absolute Gasteiger partial charge is 0.246 e. The lowest BCUT2D eigenvalue weighted by atomic mass is 10.2. The Hall–Kier alpha value is -2.24. The number of likely N-dealkylation sites (N-methyl/N-ethyl adjacent to an activating group) is 1. The molecule has 2 aromatic carbocycles. The van der Waals surface area contributed by atoms with Gasteiger partial charge >= 0.3 is 0 Å². The van der Waals surface area contributed by atoms with Gasteiger partial charge in [0.25, 0.3) is 0 Å². The SMILES string of the molecule is CN(Cc1c(F)cccc1Cl)C(=O)/C=C/c1nc2ccccc2s1. The first-order chi connectivity index (χ1) is 11.5. The van der Waals surface area contributed by atoms with Crippen molar-refractivity contribution >= 4 is 45.1 Å². The van der Waals surface area contributed by atoms with Gasteiger partial charge in [-0.2, -0.15) is 0 Å². The van der Waals surface area contributed by atoms with Crippen molar-refractivity contribution in [2.45, 2.75) is 6.54 Å². The topological polar surface area (TPSA) is 33.2 Å². The monoisotopic (exact) mass is 360 g/mol. The summed E-state index contributed by atoms with van der Waals surface area (Å²) in [6.45, 7) is 0.106. The van der Waals surface area contributed by atoms with Crippen LogP contribution in [0.5, 0.6) is 0 Å². The Labute approximate surface area is 148 Å². The molecular formula is C18H14ClFN2OS. The minimum atomic E-state index is -0.419. The maximum absolute atomic E-state index is 13.8. The number of fused-ring (bicyclic) bond motifs is 1. The highest BCUT2D eigenvalue weighted by atomic mass is 35.5. The van der Waals surface area contributed by atoms with Crippen LogP contribution in [-0.2, 0) is 11.3 Å². The summed E-state index contributed by atoms with van der Waals surface area (Å²) in [5, 5.41) is 1.06. The van der Waals surface area contributed by atoms with Crippen molar-refractivity contribution < 1.29 is 9.18 Å². The lowest BCUT2D eigenvalue weighted by molar-refractivity contribution is -0.125. The van der Waals surface area contributed by atoms with Gasteiger partial charge < -0.3 is 4.90 Å². The van der Waals surface area contributed by atoms with Crippen LogP contribution in [0.25, 0.3) is 16.3 Å². The van der Waals surface area contributed by atoms with Crippen molar-refractivity contribution in [3.05, 3.63) is 70.0 Å². The first-order valence-electron chi connectivity index (χ1n) is 7.26. The average molecular weight is 361 g/mol. The predicted octanol–water partition coefficient (Wildman–Crippen LogP) is 4.76. The molecule has 0 saturated carbocycles. The number of amides is 1. The third kappa shape index (κ3) is 3.63. The van der Waals surface area contributed by atoms with E-state index in [1.807, 2.05) is 24.3 Å². The molecule has 3 nitrogen and oxygen atoms in total. The number of para-hydroxylation sites is 1. The molecule has 0 fully saturated rings. The number of carbonyl (C=O) groups is 1. The minimum Gasteiger partial charge on any atom is -0.338 e. The van der Waals surface area contributed by atoms with E-state index in [1.54, 1.807) is 19.2 Å². The normalized spacial score (nSPS) is 11.3. The summed E-state index contributed by atoms with van der Waals surface area (Å²) in [4.78, 5) is 18.1. The van der Waals surface area contributed by atoms with Crippen molar-refractivity contribution in [3.63, 3.8) is 0 Å². The second-order valence-corrected chi connectivity index (χ2v) is 6.72. The molecule has 0 radical (unpaired) electrons. The number of hydrogen-bond donors (Lipinski definition) is 0. The van der Waals surface area contributed by atoms with Crippen LogP contribution in [0.1, 0.15) is 10.6 Å². The van der Waals surface area contributed by atoms with E-state index in [1.165, 1.54) is 34.4 Å². The van der Waals surface area contributed by atoms with Crippen molar-refractivity contribution in [1.82, 2.24) is 9.88 Å². The van der Waals surface area contributed by atoms with E-state index in [0.717, 1.165) is 15.2 Å². The third-order valence-corrected chi connectivity index (χ3v) is 4.87. The maximum Gasteiger partial charge on any atom is 0.246 e. The van der Waals surface area contributed by atoms with E-state index >= 15 is 0 Å². The number of aromatic nitrogens is 1. The Kier molecular flexibility index (Phi) is 4.92. The van der Waals surface area contributed by atoms with Crippen molar-refractivity contribution in [2.75, 3.05) is 7.05 Å². The molecule has 24 heavy (non-hydrogen) atoms. The van der Waals surface area contributed by atoms with E-state index < -0.39 is 5.82 Å². The highest BCUT2D eigenvalue weighted by Crippen LogP contribution is 2.23. The van der Waals surface area contributed by atoms with Gasteiger partial charge in [0.15, 0.2) is 0 Å². The predicted molar refractivity (Wildman–Crippen MR) is 96.5 cm³/mol. The van der Waals surface area contributed by atoms with E-state index in [2.05, 4.69) is 4.98 Å². The number of hydrogen-bond acceptors (Lipinski definition) is 3. The highest BCUT2D eigenvalue weighted by molar-refractivity contribution is 7.19. The molecule has 0 saturated heterocycles. The van der Waals surface area contributed by atoms with Gasteiger partial charge in [-0.05, 0) is 30.3 Å². The van der Waals surface area contributed by atoms with Crippen LogP contribution >= 0.6 is 22.9 Å². The third-order valence-electron chi connectivity index (χ3n) is 3.51. The molecule has 1 amide bonds.